The lowest BCUT2D eigenvalue weighted by Crippen LogP contribution is -2.47. The summed E-state index contributed by atoms with van der Waals surface area (Å²) < 4.78 is 0. The van der Waals surface area contributed by atoms with Gasteiger partial charge in [0.15, 0.2) is 0 Å². The Morgan fingerprint density at radius 1 is 1.11 bits per heavy atom. The van der Waals surface area contributed by atoms with Crippen LogP contribution < -0.4 is 5.32 Å². The first-order chi connectivity index (χ1) is 8.75. The van der Waals surface area contributed by atoms with Gasteiger partial charge in [-0.25, -0.2) is 4.79 Å². The number of aliphatic carboxylic acids is 1. The van der Waals surface area contributed by atoms with E-state index < -0.39 is 5.97 Å². The van der Waals surface area contributed by atoms with Crippen LogP contribution in [0.4, 0.5) is 4.79 Å². The van der Waals surface area contributed by atoms with Gasteiger partial charge in [-0.15, -0.1) is 0 Å². The Morgan fingerprint density at radius 3 is 2.11 bits per heavy atom. The van der Waals surface area contributed by atoms with Crippen molar-refractivity contribution in [2.45, 2.75) is 46.2 Å². The highest BCUT2D eigenvalue weighted by Gasteiger charge is 2.17. The second-order valence-electron chi connectivity index (χ2n) is 5.24. The molecule has 0 heterocycles. The predicted molar refractivity (Wildman–Crippen MR) is 75.3 cm³/mol. The average molecular weight is 273 g/mol. The molecule has 0 saturated carbocycles. The van der Waals surface area contributed by atoms with Gasteiger partial charge in [-0.2, -0.15) is 0 Å². The summed E-state index contributed by atoms with van der Waals surface area (Å²) in [5, 5.41) is 11.5. The third kappa shape index (κ3) is 7.66. The molecule has 0 aliphatic rings. The van der Waals surface area contributed by atoms with E-state index in [0.29, 0.717) is 12.6 Å². The lowest BCUT2D eigenvalue weighted by molar-refractivity contribution is -0.137. The van der Waals surface area contributed by atoms with E-state index >= 15 is 0 Å². The van der Waals surface area contributed by atoms with Crippen LogP contribution in [0, 0.1) is 0 Å². The zero-order chi connectivity index (χ0) is 15.0. The van der Waals surface area contributed by atoms with E-state index in [1.165, 1.54) is 0 Å². The number of hydrogen-bond acceptors (Lipinski definition) is 3. The molecule has 2 N–H and O–H groups in total. The van der Waals surface area contributed by atoms with E-state index in [4.69, 9.17) is 5.11 Å². The van der Waals surface area contributed by atoms with E-state index in [2.05, 4.69) is 24.1 Å². The topological polar surface area (TPSA) is 72.9 Å². The van der Waals surface area contributed by atoms with Crippen molar-refractivity contribution in [2.75, 3.05) is 26.7 Å². The minimum absolute atomic E-state index is 0.0119. The van der Waals surface area contributed by atoms with E-state index in [1.807, 2.05) is 20.9 Å². The molecule has 0 aromatic heterocycles. The molecule has 2 amide bonds. The zero-order valence-electron chi connectivity index (χ0n) is 12.6. The van der Waals surface area contributed by atoms with E-state index in [1.54, 1.807) is 4.90 Å². The van der Waals surface area contributed by atoms with Gasteiger partial charge in [0.2, 0.25) is 0 Å². The van der Waals surface area contributed by atoms with Gasteiger partial charge in [-0.1, -0.05) is 0 Å². The number of amides is 2. The zero-order valence-corrected chi connectivity index (χ0v) is 12.6. The number of likely N-dealkylation sites (N-methyl/N-ethyl adjacent to an activating group) is 1. The number of carbonyl (C=O) groups is 2. The Morgan fingerprint density at radius 2 is 1.68 bits per heavy atom. The minimum atomic E-state index is -0.891. The fraction of sp³-hybridized carbons (Fsp3) is 0.846. The molecule has 0 aliphatic carbocycles. The summed E-state index contributed by atoms with van der Waals surface area (Å²) in [6.45, 7) is 9.50. The summed E-state index contributed by atoms with van der Waals surface area (Å²) >= 11 is 0. The standard InChI is InChI=1S/C13H27N3O3/c1-10(2)15(5)9-7-14-13(19)16(11(3)4)8-6-12(17)18/h10-11H,6-9H2,1-5H3,(H,14,19)(H,17,18). The van der Waals surface area contributed by atoms with Crippen molar-refractivity contribution < 1.29 is 14.7 Å². The number of nitrogens with zero attached hydrogens (tertiary/aromatic N) is 2. The molecule has 0 bridgehead atoms. The Balaban J connectivity index is 4.15. The first-order valence-electron chi connectivity index (χ1n) is 6.72. The summed E-state index contributed by atoms with van der Waals surface area (Å²) in [5.74, 6) is -0.891. The smallest absolute Gasteiger partial charge is 0.317 e. The lowest BCUT2D eigenvalue weighted by Gasteiger charge is -2.27. The summed E-state index contributed by atoms with van der Waals surface area (Å²) in [4.78, 5) is 26.2. The maximum absolute atomic E-state index is 12.0. The summed E-state index contributed by atoms with van der Waals surface area (Å²) in [5.41, 5.74) is 0. The van der Waals surface area contributed by atoms with Gasteiger partial charge >= 0.3 is 12.0 Å². The number of rotatable bonds is 8. The fourth-order valence-electron chi connectivity index (χ4n) is 1.51. The molecule has 112 valence electrons. The summed E-state index contributed by atoms with van der Waals surface area (Å²) in [6, 6.07) is 0.223. The van der Waals surface area contributed by atoms with E-state index in [-0.39, 0.29) is 25.0 Å². The van der Waals surface area contributed by atoms with Gasteiger partial charge in [0.05, 0.1) is 6.42 Å². The van der Waals surface area contributed by atoms with Crippen molar-refractivity contribution >= 4 is 12.0 Å². The van der Waals surface area contributed by atoms with Crippen LogP contribution in [0.1, 0.15) is 34.1 Å². The predicted octanol–water partition coefficient (Wildman–Crippen LogP) is 1.22. The van der Waals surface area contributed by atoms with Crippen molar-refractivity contribution in [1.82, 2.24) is 15.1 Å². The monoisotopic (exact) mass is 273 g/mol. The van der Waals surface area contributed by atoms with Crippen LogP contribution in [0.25, 0.3) is 0 Å². The molecule has 0 aliphatic heterocycles. The van der Waals surface area contributed by atoms with Gasteiger partial charge in [0, 0.05) is 31.7 Å². The third-order valence-corrected chi connectivity index (χ3v) is 3.07. The van der Waals surface area contributed by atoms with Crippen LogP contribution in [0.2, 0.25) is 0 Å². The second-order valence-corrected chi connectivity index (χ2v) is 5.24. The molecule has 0 atom stereocenters. The van der Waals surface area contributed by atoms with Crippen LogP contribution in [0.15, 0.2) is 0 Å². The van der Waals surface area contributed by atoms with Gasteiger partial charge < -0.3 is 20.2 Å². The quantitative estimate of drug-likeness (QED) is 0.697. The van der Waals surface area contributed by atoms with Gasteiger partial charge in [0.25, 0.3) is 0 Å². The fourth-order valence-corrected chi connectivity index (χ4v) is 1.51. The Hall–Kier alpha value is -1.30. The van der Waals surface area contributed by atoms with Crippen molar-refractivity contribution in [3.8, 4) is 0 Å². The van der Waals surface area contributed by atoms with Crippen molar-refractivity contribution in [3.05, 3.63) is 0 Å². The van der Waals surface area contributed by atoms with Crippen molar-refractivity contribution in [2.24, 2.45) is 0 Å². The Kier molecular flexibility index (Phi) is 8.14. The largest absolute Gasteiger partial charge is 0.481 e. The first kappa shape index (κ1) is 17.7. The minimum Gasteiger partial charge on any atom is -0.481 e. The SMILES string of the molecule is CC(C)N(C)CCNC(=O)N(CCC(=O)O)C(C)C. The molecule has 0 rings (SSSR count). The third-order valence-electron chi connectivity index (χ3n) is 3.07. The number of carboxylic acid groups (broad SMARTS) is 1. The Bertz CT molecular complexity index is 293. The normalized spacial score (nSPS) is 11.2. The van der Waals surface area contributed by atoms with Gasteiger partial charge in [-0.3, -0.25) is 4.79 Å². The molecule has 19 heavy (non-hydrogen) atoms. The number of nitrogens with one attached hydrogen (secondary N) is 1. The summed E-state index contributed by atoms with van der Waals surface area (Å²) in [7, 11) is 2.00. The molecule has 0 aromatic carbocycles. The second kappa shape index (κ2) is 8.74. The Labute approximate surface area is 115 Å². The van der Waals surface area contributed by atoms with Crippen molar-refractivity contribution in [1.29, 1.82) is 0 Å². The van der Waals surface area contributed by atoms with Crippen LogP contribution in [0.3, 0.4) is 0 Å². The van der Waals surface area contributed by atoms with Crippen LogP contribution in [-0.4, -0.2) is 65.7 Å². The highest BCUT2D eigenvalue weighted by Crippen LogP contribution is 2.01. The lowest BCUT2D eigenvalue weighted by atomic mass is 10.3. The summed E-state index contributed by atoms with van der Waals surface area (Å²) in [6.07, 6.45) is -0.0303. The molecule has 0 radical (unpaired) electrons. The molecular formula is C13H27N3O3. The van der Waals surface area contributed by atoms with Gasteiger partial charge in [-0.05, 0) is 34.7 Å². The van der Waals surface area contributed by atoms with Crippen molar-refractivity contribution in [3.63, 3.8) is 0 Å². The maximum Gasteiger partial charge on any atom is 0.317 e. The van der Waals surface area contributed by atoms with Crippen LogP contribution in [-0.2, 0) is 4.79 Å². The number of carboxylic acids is 1. The number of carbonyl (C=O) groups excluding carboxylic acids is 1. The highest BCUT2D eigenvalue weighted by atomic mass is 16.4. The molecule has 0 aromatic rings. The van der Waals surface area contributed by atoms with E-state index in [0.717, 1.165) is 6.54 Å². The molecule has 0 fully saturated rings. The highest BCUT2D eigenvalue weighted by molar-refractivity contribution is 5.75. The average Bonchev–Trinajstić information content (AvgIpc) is 2.27. The molecular weight excluding hydrogens is 246 g/mol. The van der Waals surface area contributed by atoms with Crippen LogP contribution in [0.5, 0.6) is 0 Å². The molecule has 6 heteroatoms. The van der Waals surface area contributed by atoms with E-state index in [9.17, 15) is 9.59 Å². The van der Waals surface area contributed by atoms with Crippen LogP contribution >= 0.6 is 0 Å². The molecule has 6 nitrogen and oxygen atoms in total. The maximum atomic E-state index is 12.0. The first-order valence-corrected chi connectivity index (χ1v) is 6.72. The van der Waals surface area contributed by atoms with Gasteiger partial charge in [0.1, 0.15) is 0 Å². The number of urea groups is 1. The number of hydrogen-bond donors (Lipinski definition) is 2. The molecule has 0 saturated heterocycles. The molecule has 0 spiro atoms. The molecule has 0 unspecified atom stereocenters.